The summed E-state index contributed by atoms with van der Waals surface area (Å²) in [6.45, 7) is 2.39. The second-order valence-electron chi connectivity index (χ2n) is 7.94. The quantitative estimate of drug-likeness (QED) is 0.309. The van der Waals surface area contributed by atoms with E-state index in [1.165, 1.54) is 31.2 Å². The van der Waals surface area contributed by atoms with E-state index in [2.05, 4.69) is 30.3 Å². The molecule has 0 aliphatic heterocycles. The maximum absolute atomic E-state index is 12.7. The van der Waals surface area contributed by atoms with Crippen LogP contribution in [0.2, 0.25) is 0 Å². The fourth-order valence-corrected chi connectivity index (χ4v) is 4.66. The van der Waals surface area contributed by atoms with Gasteiger partial charge in [0.2, 0.25) is 15.9 Å². The van der Waals surface area contributed by atoms with E-state index in [9.17, 15) is 13.2 Å². The van der Waals surface area contributed by atoms with Gasteiger partial charge in [-0.05, 0) is 30.3 Å². The van der Waals surface area contributed by atoms with Gasteiger partial charge in [-0.1, -0.05) is 23.4 Å². The molecular weight excluding hydrogens is 484 g/mol. The molecule has 0 saturated heterocycles. The van der Waals surface area contributed by atoms with Gasteiger partial charge >= 0.3 is 0 Å². The SMILES string of the molecule is CC(=O)Nc1ccc(S(=O)(=O)NCc2noc(-c3c4ccccc4nn3CCn3ccnc3)n2)cc1. The number of imidazole rings is 1. The molecule has 0 spiro atoms. The fourth-order valence-electron chi connectivity index (χ4n) is 3.68. The normalized spacial score (nSPS) is 11.7. The smallest absolute Gasteiger partial charge is 0.276 e. The van der Waals surface area contributed by atoms with E-state index in [1.807, 2.05) is 35.0 Å². The Morgan fingerprint density at radius 1 is 1.08 bits per heavy atom. The molecule has 12 nitrogen and oxygen atoms in total. The molecule has 13 heteroatoms. The lowest BCUT2D eigenvalue weighted by Gasteiger charge is -2.06. The van der Waals surface area contributed by atoms with Gasteiger partial charge in [0.15, 0.2) is 5.82 Å². The summed E-state index contributed by atoms with van der Waals surface area (Å²) in [7, 11) is -3.84. The highest BCUT2D eigenvalue weighted by atomic mass is 32.2. The Morgan fingerprint density at radius 3 is 2.64 bits per heavy atom. The molecule has 2 aromatic carbocycles. The molecule has 0 saturated carbocycles. The molecule has 36 heavy (non-hydrogen) atoms. The Kier molecular flexibility index (Phi) is 6.31. The van der Waals surface area contributed by atoms with Crippen molar-refractivity contribution in [2.24, 2.45) is 0 Å². The lowest BCUT2D eigenvalue weighted by atomic mass is 10.2. The summed E-state index contributed by atoms with van der Waals surface area (Å²) in [6, 6.07) is 13.4. The number of carbonyl (C=O) groups excluding carboxylic acids is 1. The minimum atomic E-state index is -3.84. The molecule has 0 atom stereocenters. The lowest BCUT2D eigenvalue weighted by Crippen LogP contribution is -2.23. The van der Waals surface area contributed by atoms with E-state index in [1.54, 1.807) is 17.2 Å². The number of hydrogen-bond donors (Lipinski definition) is 2. The summed E-state index contributed by atoms with van der Waals surface area (Å²) in [6.07, 6.45) is 5.31. The van der Waals surface area contributed by atoms with Crippen molar-refractivity contribution in [2.75, 3.05) is 5.32 Å². The molecule has 0 bridgehead atoms. The van der Waals surface area contributed by atoms with Gasteiger partial charge in [0, 0.05) is 36.9 Å². The zero-order valence-corrected chi connectivity index (χ0v) is 20.0. The van der Waals surface area contributed by atoms with Crippen molar-refractivity contribution in [1.82, 2.24) is 34.2 Å². The maximum atomic E-state index is 12.7. The third-order valence-electron chi connectivity index (χ3n) is 5.35. The molecule has 0 unspecified atom stereocenters. The molecule has 0 aliphatic carbocycles. The van der Waals surface area contributed by atoms with Crippen molar-refractivity contribution in [3.8, 4) is 11.6 Å². The van der Waals surface area contributed by atoms with E-state index in [4.69, 9.17) is 4.52 Å². The Hall–Kier alpha value is -4.36. The summed E-state index contributed by atoms with van der Waals surface area (Å²) >= 11 is 0. The summed E-state index contributed by atoms with van der Waals surface area (Å²) in [5.41, 5.74) is 1.93. The average molecular weight is 507 g/mol. The van der Waals surface area contributed by atoms with Crippen molar-refractivity contribution in [3.05, 3.63) is 73.1 Å². The molecule has 184 valence electrons. The minimum absolute atomic E-state index is 0.0453. The molecule has 5 aromatic rings. The average Bonchev–Trinajstić information content (AvgIpc) is 3.61. The molecule has 0 aliphatic rings. The number of aromatic nitrogens is 6. The molecule has 0 fully saturated rings. The highest BCUT2D eigenvalue weighted by Gasteiger charge is 2.21. The van der Waals surface area contributed by atoms with Crippen molar-refractivity contribution in [2.45, 2.75) is 31.5 Å². The highest BCUT2D eigenvalue weighted by molar-refractivity contribution is 7.89. The summed E-state index contributed by atoms with van der Waals surface area (Å²) in [4.78, 5) is 19.7. The van der Waals surface area contributed by atoms with Crippen LogP contribution in [0.5, 0.6) is 0 Å². The predicted molar refractivity (Wildman–Crippen MR) is 130 cm³/mol. The van der Waals surface area contributed by atoms with Crippen LogP contribution in [0.1, 0.15) is 12.7 Å². The predicted octanol–water partition coefficient (Wildman–Crippen LogP) is 2.42. The Labute approximate surface area is 206 Å². The molecule has 1 amide bonds. The van der Waals surface area contributed by atoms with Crippen molar-refractivity contribution < 1.29 is 17.7 Å². The Bertz CT molecular complexity index is 1610. The third-order valence-corrected chi connectivity index (χ3v) is 6.77. The number of anilines is 1. The van der Waals surface area contributed by atoms with Gasteiger partial charge in [-0.2, -0.15) is 10.1 Å². The number of hydrogen-bond acceptors (Lipinski definition) is 8. The van der Waals surface area contributed by atoms with Crippen molar-refractivity contribution in [1.29, 1.82) is 0 Å². The van der Waals surface area contributed by atoms with Crippen LogP contribution in [0.25, 0.3) is 22.5 Å². The lowest BCUT2D eigenvalue weighted by molar-refractivity contribution is -0.114. The van der Waals surface area contributed by atoms with Crippen LogP contribution >= 0.6 is 0 Å². The topological polar surface area (TPSA) is 150 Å². The van der Waals surface area contributed by atoms with E-state index in [-0.39, 0.29) is 29.1 Å². The molecular formula is C23H22N8O4S. The van der Waals surface area contributed by atoms with Crippen LogP contribution in [0.15, 0.2) is 76.7 Å². The van der Waals surface area contributed by atoms with Crippen LogP contribution < -0.4 is 10.0 Å². The van der Waals surface area contributed by atoms with Gasteiger partial charge in [-0.15, -0.1) is 0 Å². The standard InChI is InChI=1S/C23H22N8O4S/c1-16(32)26-17-6-8-18(9-7-17)36(33,34)25-14-21-27-23(35-29-21)22-19-4-2-3-5-20(19)28-31(22)13-12-30-11-10-24-15-30/h2-11,15,25H,12-14H2,1H3,(H,26,32). The number of rotatable bonds is 9. The monoisotopic (exact) mass is 506 g/mol. The Balaban J connectivity index is 1.34. The number of amides is 1. The van der Waals surface area contributed by atoms with Crippen LogP contribution in [0.3, 0.4) is 0 Å². The summed E-state index contributed by atoms with van der Waals surface area (Å²) in [5.74, 6) is 0.172. The first-order valence-electron chi connectivity index (χ1n) is 11.0. The maximum Gasteiger partial charge on any atom is 0.276 e. The zero-order valence-electron chi connectivity index (χ0n) is 19.2. The molecule has 0 radical (unpaired) electrons. The largest absolute Gasteiger partial charge is 0.336 e. The zero-order chi connectivity index (χ0) is 25.1. The van der Waals surface area contributed by atoms with E-state index in [0.717, 1.165) is 10.9 Å². The third kappa shape index (κ3) is 5.01. The molecule has 2 N–H and O–H groups in total. The second kappa shape index (κ2) is 9.71. The molecule has 3 aromatic heterocycles. The first-order chi connectivity index (χ1) is 17.4. The van der Waals surface area contributed by atoms with E-state index in [0.29, 0.717) is 24.5 Å². The highest BCUT2D eigenvalue weighted by Crippen LogP contribution is 2.27. The van der Waals surface area contributed by atoms with Crippen LogP contribution in [0.4, 0.5) is 5.69 Å². The molecule has 5 rings (SSSR count). The van der Waals surface area contributed by atoms with Gasteiger partial charge < -0.3 is 14.4 Å². The van der Waals surface area contributed by atoms with Crippen molar-refractivity contribution >= 4 is 32.5 Å². The molecule has 3 heterocycles. The number of aryl methyl sites for hydroxylation is 2. The number of sulfonamides is 1. The Morgan fingerprint density at radius 2 is 1.89 bits per heavy atom. The van der Waals surface area contributed by atoms with E-state index >= 15 is 0 Å². The van der Waals surface area contributed by atoms with Gasteiger partial charge in [0.05, 0.1) is 29.8 Å². The van der Waals surface area contributed by atoms with Crippen LogP contribution in [-0.2, 0) is 34.5 Å². The first kappa shape index (κ1) is 23.4. The number of nitrogens with zero attached hydrogens (tertiary/aromatic N) is 6. The van der Waals surface area contributed by atoms with Crippen molar-refractivity contribution in [3.63, 3.8) is 0 Å². The van der Waals surface area contributed by atoms with E-state index < -0.39 is 10.0 Å². The first-order valence-corrected chi connectivity index (χ1v) is 12.5. The van der Waals surface area contributed by atoms with Gasteiger partial charge in [-0.3, -0.25) is 9.48 Å². The fraction of sp³-hybridized carbons (Fsp3) is 0.174. The number of nitrogens with one attached hydrogen (secondary N) is 2. The minimum Gasteiger partial charge on any atom is -0.336 e. The van der Waals surface area contributed by atoms with Crippen LogP contribution in [0, 0.1) is 0 Å². The van der Waals surface area contributed by atoms with Crippen LogP contribution in [-0.4, -0.2) is 43.8 Å². The van der Waals surface area contributed by atoms with Gasteiger partial charge in [-0.25, -0.2) is 18.1 Å². The second-order valence-corrected chi connectivity index (χ2v) is 9.70. The number of carbonyl (C=O) groups is 1. The van der Waals surface area contributed by atoms with Gasteiger partial charge in [0.25, 0.3) is 5.89 Å². The summed E-state index contributed by atoms with van der Waals surface area (Å²) in [5, 5.41) is 12.1. The number of benzene rings is 2. The summed E-state index contributed by atoms with van der Waals surface area (Å²) < 4.78 is 37.1. The van der Waals surface area contributed by atoms with Gasteiger partial charge in [0.1, 0.15) is 5.69 Å². The number of fused-ring (bicyclic) bond motifs is 1.